The lowest BCUT2D eigenvalue weighted by Gasteiger charge is -2.21. The number of aryl methyl sites for hydroxylation is 1. The minimum atomic E-state index is -0.389. The fourth-order valence-corrected chi connectivity index (χ4v) is 4.83. The smallest absolute Gasteiger partial charge is 0.306 e. The molecule has 1 aromatic heterocycles. The van der Waals surface area contributed by atoms with E-state index in [-0.39, 0.29) is 18.2 Å². The highest BCUT2D eigenvalue weighted by atomic mass is 32.1. The van der Waals surface area contributed by atoms with Gasteiger partial charge in [0.2, 0.25) is 0 Å². The van der Waals surface area contributed by atoms with E-state index in [4.69, 9.17) is 20.2 Å². The maximum atomic E-state index is 14.4. The van der Waals surface area contributed by atoms with Gasteiger partial charge in [-0.05, 0) is 36.1 Å². The topological polar surface area (TPSA) is 77.7 Å². The molecule has 0 bridgehead atoms. The van der Waals surface area contributed by atoms with Crippen LogP contribution in [0, 0.1) is 5.82 Å². The molecule has 38 heavy (non-hydrogen) atoms. The molecule has 0 aliphatic rings. The summed E-state index contributed by atoms with van der Waals surface area (Å²) in [6.45, 7) is 4.32. The van der Waals surface area contributed by atoms with Crippen molar-refractivity contribution in [1.82, 2.24) is 4.98 Å². The quantitative estimate of drug-likeness (QED) is 0.213. The molecule has 8 heteroatoms. The minimum Gasteiger partial charge on any atom is -0.489 e. The number of ether oxygens (including phenoxy) is 2. The molecule has 0 saturated carbocycles. The van der Waals surface area contributed by atoms with Gasteiger partial charge in [-0.3, -0.25) is 4.79 Å². The number of aromatic nitrogens is 1. The number of halogens is 1. The highest BCUT2D eigenvalue weighted by Gasteiger charge is 2.13. The first kappa shape index (κ1) is 27.3. The van der Waals surface area contributed by atoms with Crippen molar-refractivity contribution in [2.75, 3.05) is 24.6 Å². The molecule has 4 aromatic rings. The molecular formula is C30H32FN3O3S. The third-order valence-corrected chi connectivity index (χ3v) is 6.86. The Kier molecular flexibility index (Phi) is 9.84. The second-order valence-electron chi connectivity index (χ2n) is 8.75. The lowest BCUT2D eigenvalue weighted by atomic mass is 10.1. The van der Waals surface area contributed by atoms with Crippen LogP contribution in [0.5, 0.6) is 5.75 Å². The maximum Gasteiger partial charge on any atom is 0.306 e. The van der Waals surface area contributed by atoms with Gasteiger partial charge in [-0.15, -0.1) is 11.3 Å². The van der Waals surface area contributed by atoms with E-state index in [1.807, 2.05) is 30.3 Å². The maximum absolute atomic E-state index is 14.4. The number of anilines is 1. The van der Waals surface area contributed by atoms with Crippen molar-refractivity contribution >= 4 is 22.4 Å². The fraction of sp³-hybridized carbons (Fsp3) is 0.267. The van der Waals surface area contributed by atoms with Gasteiger partial charge in [-0.25, -0.2) is 9.37 Å². The van der Waals surface area contributed by atoms with Crippen LogP contribution in [0.3, 0.4) is 0 Å². The Bertz CT molecular complexity index is 1310. The highest BCUT2D eigenvalue weighted by Crippen LogP contribution is 2.28. The van der Waals surface area contributed by atoms with Crippen LogP contribution >= 0.6 is 11.3 Å². The van der Waals surface area contributed by atoms with Crippen molar-refractivity contribution in [3.05, 3.63) is 101 Å². The number of rotatable bonds is 13. The van der Waals surface area contributed by atoms with Crippen LogP contribution in [0.4, 0.5) is 9.52 Å². The Labute approximate surface area is 226 Å². The zero-order valence-corrected chi connectivity index (χ0v) is 22.3. The van der Waals surface area contributed by atoms with Crippen LogP contribution in [-0.2, 0) is 29.1 Å². The molecule has 1 heterocycles. The fourth-order valence-electron chi connectivity index (χ4n) is 3.97. The number of carbonyl (C=O) groups excluding carboxylic acids is 1. The van der Waals surface area contributed by atoms with Crippen LogP contribution in [0.1, 0.15) is 30.0 Å². The average molecular weight is 534 g/mol. The summed E-state index contributed by atoms with van der Waals surface area (Å²) in [5.74, 6) is -0.274. The lowest BCUT2D eigenvalue weighted by molar-refractivity contribution is -0.143. The average Bonchev–Trinajstić information content (AvgIpc) is 3.43. The predicted molar refractivity (Wildman–Crippen MR) is 150 cm³/mol. The minimum absolute atomic E-state index is 0.150. The van der Waals surface area contributed by atoms with Gasteiger partial charge in [-0.2, -0.15) is 0 Å². The van der Waals surface area contributed by atoms with Gasteiger partial charge in [0.05, 0.1) is 12.3 Å². The molecule has 0 atom stereocenters. The number of nitrogens with zero attached hydrogens (tertiary/aromatic N) is 2. The lowest BCUT2D eigenvalue weighted by Crippen LogP contribution is -2.28. The first-order chi connectivity index (χ1) is 18.6. The third kappa shape index (κ3) is 7.63. The van der Waals surface area contributed by atoms with Gasteiger partial charge in [0.25, 0.3) is 0 Å². The standard InChI is InChI=1S/C30H32FN3O3S/c1-2-36-29(35)15-13-24-12-14-26(18-27(24)31)37-20-23-10-8-22(9-11-23)19-34(17-16-32)30-33-28(21-38-30)25-6-4-3-5-7-25/h3-12,14,18,21H,2,13,15-17,19-20,32H2,1H3. The zero-order valence-electron chi connectivity index (χ0n) is 21.4. The highest BCUT2D eigenvalue weighted by molar-refractivity contribution is 7.14. The van der Waals surface area contributed by atoms with Gasteiger partial charge in [0.1, 0.15) is 18.2 Å². The summed E-state index contributed by atoms with van der Waals surface area (Å²) in [5.41, 5.74) is 10.5. The van der Waals surface area contributed by atoms with Crippen LogP contribution in [0.25, 0.3) is 11.3 Å². The molecule has 0 aliphatic carbocycles. The van der Waals surface area contributed by atoms with Crippen LogP contribution in [-0.4, -0.2) is 30.6 Å². The summed E-state index contributed by atoms with van der Waals surface area (Å²) in [5, 5.41) is 3.01. The van der Waals surface area contributed by atoms with Gasteiger partial charge >= 0.3 is 5.97 Å². The summed E-state index contributed by atoms with van der Waals surface area (Å²) in [7, 11) is 0. The van der Waals surface area contributed by atoms with Gasteiger partial charge < -0.3 is 20.1 Å². The molecule has 6 nitrogen and oxygen atoms in total. The summed E-state index contributed by atoms with van der Waals surface area (Å²) in [6, 6.07) is 23.0. The summed E-state index contributed by atoms with van der Waals surface area (Å²) < 4.78 is 25.1. The van der Waals surface area contributed by atoms with Crippen molar-refractivity contribution in [1.29, 1.82) is 0 Å². The van der Waals surface area contributed by atoms with E-state index in [9.17, 15) is 9.18 Å². The normalized spacial score (nSPS) is 10.8. The zero-order chi connectivity index (χ0) is 26.7. The van der Waals surface area contributed by atoms with Crippen molar-refractivity contribution in [3.8, 4) is 17.0 Å². The van der Waals surface area contributed by atoms with E-state index in [1.54, 1.807) is 30.4 Å². The number of hydrogen-bond acceptors (Lipinski definition) is 7. The molecule has 0 amide bonds. The molecule has 0 radical (unpaired) electrons. The number of benzene rings is 3. The van der Waals surface area contributed by atoms with E-state index in [2.05, 4.69) is 34.5 Å². The number of esters is 1. The number of thiazole rings is 1. The number of nitrogens with two attached hydrogens (primary N) is 1. The van der Waals surface area contributed by atoms with E-state index in [1.165, 1.54) is 6.07 Å². The first-order valence-electron chi connectivity index (χ1n) is 12.7. The van der Waals surface area contributed by atoms with Crippen LogP contribution in [0.2, 0.25) is 0 Å². The molecule has 0 spiro atoms. The molecule has 0 unspecified atom stereocenters. The Balaban J connectivity index is 1.32. The number of hydrogen-bond donors (Lipinski definition) is 1. The van der Waals surface area contributed by atoms with Crippen molar-refractivity contribution < 1.29 is 18.7 Å². The van der Waals surface area contributed by atoms with E-state index < -0.39 is 0 Å². The van der Waals surface area contributed by atoms with Gasteiger partial charge in [-0.1, -0.05) is 60.7 Å². The predicted octanol–water partition coefficient (Wildman–Crippen LogP) is 5.99. The Hall–Kier alpha value is -3.75. The van der Waals surface area contributed by atoms with Crippen LogP contribution in [0.15, 0.2) is 78.2 Å². The molecule has 198 valence electrons. The Morgan fingerprint density at radius 1 is 1.05 bits per heavy atom. The van der Waals surface area contributed by atoms with Crippen molar-refractivity contribution in [2.24, 2.45) is 5.73 Å². The largest absolute Gasteiger partial charge is 0.489 e. The molecular weight excluding hydrogens is 501 g/mol. The van der Waals surface area contributed by atoms with E-state index in [0.29, 0.717) is 50.6 Å². The van der Waals surface area contributed by atoms with E-state index in [0.717, 1.165) is 27.5 Å². The first-order valence-corrected chi connectivity index (χ1v) is 13.5. The SMILES string of the molecule is CCOC(=O)CCc1ccc(OCc2ccc(CN(CCN)c3nc(-c4ccccc4)cs3)cc2)cc1F. The summed E-state index contributed by atoms with van der Waals surface area (Å²) in [4.78, 5) is 18.5. The van der Waals surface area contributed by atoms with E-state index >= 15 is 0 Å². The Morgan fingerprint density at radius 3 is 2.53 bits per heavy atom. The second-order valence-corrected chi connectivity index (χ2v) is 9.59. The molecule has 3 aromatic carbocycles. The second kappa shape index (κ2) is 13.7. The summed E-state index contributed by atoms with van der Waals surface area (Å²) >= 11 is 1.61. The molecule has 0 aliphatic heterocycles. The molecule has 2 N–H and O–H groups in total. The molecule has 0 fully saturated rings. The third-order valence-electron chi connectivity index (χ3n) is 5.96. The van der Waals surface area contributed by atoms with Crippen molar-refractivity contribution in [2.45, 2.75) is 32.9 Å². The van der Waals surface area contributed by atoms with Crippen LogP contribution < -0.4 is 15.4 Å². The Morgan fingerprint density at radius 2 is 1.82 bits per heavy atom. The van der Waals surface area contributed by atoms with Gasteiger partial charge in [0, 0.05) is 43.1 Å². The molecule has 4 rings (SSSR count). The van der Waals surface area contributed by atoms with Gasteiger partial charge in [0.15, 0.2) is 5.13 Å². The molecule has 0 saturated heterocycles. The summed E-state index contributed by atoms with van der Waals surface area (Å²) in [6.07, 6.45) is 0.443. The number of carbonyl (C=O) groups is 1. The monoisotopic (exact) mass is 533 g/mol. The van der Waals surface area contributed by atoms with Crippen molar-refractivity contribution in [3.63, 3.8) is 0 Å².